The van der Waals surface area contributed by atoms with Crippen LogP contribution in [0.4, 0.5) is 0 Å². The molecule has 5 N–H and O–H groups in total. The zero-order chi connectivity index (χ0) is 48.4. The number of hydrogen-bond donors (Lipinski definition) is 5. The number of nitrogens with zero attached hydrogens (tertiary/aromatic N) is 5. The molecule has 65 heavy (non-hydrogen) atoms. The van der Waals surface area contributed by atoms with Gasteiger partial charge in [0.2, 0.25) is 23.9 Å². The summed E-state index contributed by atoms with van der Waals surface area (Å²) < 4.78 is 11.4. The van der Waals surface area contributed by atoms with Crippen molar-refractivity contribution in [3.8, 4) is 5.75 Å². The molecule has 1 aromatic heterocycles. The van der Waals surface area contributed by atoms with Gasteiger partial charge in [-0.05, 0) is 101 Å². The Morgan fingerprint density at radius 1 is 1.00 bits per heavy atom. The maximum absolute atomic E-state index is 14.8. The Bertz CT molecular complexity index is 1850. The van der Waals surface area contributed by atoms with Crippen molar-refractivity contribution in [2.75, 3.05) is 26.9 Å². The Morgan fingerprint density at radius 2 is 1.69 bits per heavy atom. The number of carbonyl (C=O) groups is 6. The van der Waals surface area contributed by atoms with Gasteiger partial charge in [-0.1, -0.05) is 66.5 Å². The number of likely N-dealkylation sites (N-methyl/N-ethyl adjacent to an activating group) is 1. The molecule has 2 aromatic rings. The van der Waals surface area contributed by atoms with Crippen molar-refractivity contribution >= 4 is 43.9 Å². The molecule has 0 saturated carbocycles. The van der Waals surface area contributed by atoms with E-state index in [0.29, 0.717) is 44.7 Å². The lowest BCUT2D eigenvalue weighted by molar-refractivity contribution is -0.163. The van der Waals surface area contributed by atoms with Gasteiger partial charge in [-0.15, -0.1) is 9.90 Å². The maximum Gasteiger partial charge on any atom is 0.307 e. The number of esters is 2. The zero-order valence-corrected chi connectivity index (χ0v) is 41.3. The predicted molar refractivity (Wildman–Crippen MR) is 247 cm³/mol. The number of benzene rings is 1. The summed E-state index contributed by atoms with van der Waals surface area (Å²) in [7, 11) is -0.351. The molecule has 1 aromatic carbocycles. The minimum absolute atomic E-state index is 0.0648. The van der Waals surface area contributed by atoms with Crippen LogP contribution in [0.5, 0.6) is 5.75 Å². The number of piperidine rings is 1. The number of carbonyl (C=O) groups excluding carboxylic acids is 6. The van der Waals surface area contributed by atoms with E-state index in [4.69, 9.17) is 9.47 Å². The number of ether oxygens (including phenoxy) is 2. The summed E-state index contributed by atoms with van der Waals surface area (Å²) in [5.41, 5.74) is 0.714. The van der Waals surface area contributed by atoms with Crippen LogP contribution < -0.4 is 16.0 Å². The lowest BCUT2D eigenvalue weighted by atomic mass is 9.93. The zero-order valence-electron chi connectivity index (χ0n) is 40.3. The number of rotatable bonds is 26. The van der Waals surface area contributed by atoms with E-state index in [1.54, 1.807) is 31.2 Å². The minimum atomic E-state index is -2.25. The Hall–Kier alpha value is -4.88. The van der Waals surface area contributed by atoms with E-state index in [0.717, 1.165) is 29.7 Å². The summed E-state index contributed by atoms with van der Waals surface area (Å²) in [5, 5.41) is 27.6. The molecule has 364 valence electrons. The molecule has 18 nitrogen and oxygen atoms in total. The Morgan fingerprint density at radius 3 is 2.29 bits per heavy atom. The Labute approximate surface area is 386 Å². The summed E-state index contributed by atoms with van der Waals surface area (Å²) >= 11 is 0. The largest absolute Gasteiger partial charge is 0.508 e. The van der Waals surface area contributed by atoms with Gasteiger partial charge in [0.1, 0.15) is 11.8 Å². The van der Waals surface area contributed by atoms with Gasteiger partial charge >= 0.3 is 11.9 Å². The van der Waals surface area contributed by atoms with Gasteiger partial charge in [-0.2, -0.15) is 5.10 Å². The number of hydrogen-bond acceptors (Lipinski definition) is 13. The number of phenolic OH excluding ortho intramolecular Hbond substituents is 1. The summed E-state index contributed by atoms with van der Waals surface area (Å²) in [6.45, 7) is 16.9. The lowest BCUT2D eigenvalue weighted by Crippen LogP contribution is -2.59. The van der Waals surface area contributed by atoms with Crippen molar-refractivity contribution in [3.63, 3.8) is 0 Å². The number of aromatic nitrogens is 3. The molecule has 1 aliphatic heterocycles. The fourth-order valence-electron chi connectivity index (χ4n) is 7.93. The van der Waals surface area contributed by atoms with E-state index in [9.17, 15) is 38.7 Å². The maximum atomic E-state index is 14.8. The van der Waals surface area contributed by atoms with Crippen molar-refractivity contribution in [1.29, 1.82) is 0 Å². The molecule has 1 fully saturated rings. The van der Waals surface area contributed by atoms with Crippen LogP contribution in [0.3, 0.4) is 0 Å². The average molecular weight is 929 g/mol. The highest BCUT2D eigenvalue weighted by Gasteiger charge is 2.39. The third-order valence-electron chi connectivity index (χ3n) is 12.0. The fourth-order valence-corrected chi connectivity index (χ4v) is 8.98. The van der Waals surface area contributed by atoms with Gasteiger partial charge in [0.25, 0.3) is 5.91 Å². The molecular weight excluding hydrogens is 853 g/mol. The normalized spacial score (nSPS) is 17.2. The topological polar surface area (TPSA) is 235 Å². The number of nitrogens with one attached hydrogen (secondary N) is 3. The minimum Gasteiger partial charge on any atom is -0.508 e. The molecule has 0 unspecified atom stereocenters. The average Bonchev–Trinajstić information content (AvgIpc) is 3.74. The van der Waals surface area contributed by atoms with Gasteiger partial charge < -0.3 is 40.2 Å². The van der Waals surface area contributed by atoms with E-state index >= 15 is 0 Å². The molecule has 4 amide bonds. The van der Waals surface area contributed by atoms with Crippen molar-refractivity contribution < 1.29 is 48.1 Å². The standard InChI is InChI=1S/C46H76N8O10Si/c1-11-16-41(57)63-29-53(46(61)42(31(5)12-2)50-45(60)38-17-13-14-23-52(38)8)39(30(3)4)27-40(64-33(7)55)54-48-28-37(51-54)44(59)49-35(26-34-18-20-36(56)21-19-34)25-32(6)43(58)47-22-15-24-65(9,10)62/h18-21,28,30-32,35,38-40,42,56,62H,11-17,22-27,29H2,1-10H3,(H,47,58)(H,49,59)(H,50,60)/t31-,32+,35-,38-,39-,40-,42+/m0/s1. The molecular formula is C46H76N8O10Si. The van der Waals surface area contributed by atoms with Gasteiger partial charge in [0.05, 0.1) is 12.2 Å². The van der Waals surface area contributed by atoms with E-state index in [-0.39, 0.29) is 54.4 Å². The molecule has 0 bridgehead atoms. The third-order valence-corrected chi connectivity index (χ3v) is 13.5. The smallest absolute Gasteiger partial charge is 0.307 e. The quantitative estimate of drug-likeness (QED) is 0.0374. The number of amides is 4. The van der Waals surface area contributed by atoms with E-state index in [1.807, 2.05) is 59.7 Å². The second-order valence-electron chi connectivity index (χ2n) is 18.6. The summed E-state index contributed by atoms with van der Waals surface area (Å²) in [4.78, 5) is 95.7. The number of aromatic hydroxyl groups is 1. The van der Waals surface area contributed by atoms with Crippen LogP contribution in [0.25, 0.3) is 0 Å². The number of likely N-dealkylation sites (tertiary alicyclic amines) is 1. The van der Waals surface area contributed by atoms with E-state index < -0.39 is 75.1 Å². The first-order valence-corrected chi connectivity index (χ1v) is 26.4. The molecule has 0 spiro atoms. The highest BCUT2D eigenvalue weighted by atomic mass is 28.4. The highest BCUT2D eigenvalue weighted by Crippen LogP contribution is 2.27. The predicted octanol–water partition coefficient (Wildman–Crippen LogP) is 4.68. The first-order valence-electron chi connectivity index (χ1n) is 23.3. The van der Waals surface area contributed by atoms with Crippen molar-refractivity contribution in [2.24, 2.45) is 17.8 Å². The van der Waals surface area contributed by atoms with Crippen LogP contribution in [0, 0.1) is 17.8 Å². The van der Waals surface area contributed by atoms with E-state index in [1.165, 1.54) is 18.0 Å². The van der Waals surface area contributed by atoms with Gasteiger partial charge in [-0.3, -0.25) is 33.7 Å². The first kappa shape index (κ1) is 54.5. The van der Waals surface area contributed by atoms with Gasteiger partial charge in [0, 0.05) is 44.3 Å². The second kappa shape index (κ2) is 26.3. The molecule has 0 radical (unpaired) electrons. The van der Waals surface area contributed by atoms with Crippen LogP contribution >= 0.6 is 0 Å². The third kappa shape index (κ3) is 18.1. The lowest BCUT2D eigenvalue weighted by Gasteiger charge is -2.39. The van der Waals surface area contributed by atoms with Gasteiger partial charge in [0.15, 0.2) is 20.7 Å². The van der Waals surface area contributed by atoms with Crippen LogP contribution in [-0.2, 0) is 39.9 Å². The molecule has 2 heterocycles. The summed E-state index contributed by atoms with van der Waals surface area (Å²) in [6, 6.07) is 4.57. The summed E-state index contributed by atoms with van der Waals surface area (Å²) in [6.07, 6.45) is 4.99. The van der Waals surface area contributed by atoms with Crippen LogP contribution in [0.15, 0.2) is 30.5 Å². The fraction of sp³-hybridized carbons (Fsp3) is 0.696. The van der Waals surface area contributed by atoms with Crippen molar-refractivity contribution in [3.05, 3.63) is 41.7 Å². The van der Waals surface area contributed by atoms with Crippen LogP contribution in [0.1, 0.15) is 129 Å². The molecule has 7 atom stereocenters. The second-order valence-corrected chi connectivity index (χ2v) is 22.7. The first-order chi connectivity index (χ1) is 30.6. The number of phenols is 1. The SMILES string of the molecule is CCCC(=O)OCN(C(=O)[C@H](NC(=O)[C@@H]1CCCCN1C)[C@@H](C)CC)[C@@H](C[C@H](OC(C)=O)n1ncc(C(=O)N[C@H](Cc2ccc(O)cc2)C[C@@H](C)C(=O)NCCC[Si](C)(C)O)n1)C(C)C. The van der Waals surface area contributed by atoms with Crippen molar-refractivity contribution in [2.45, 2.75) is 162 Å². The molecule has 1 saturated heterocycles. The van der Waals surface area contributed by atoms with Crippen LogP contribution in [0.2, 0.25) is 19.1 Å². The van der Waals surface area contributed by atoms with E-state index in [2.05, 4.69) is 26.1 Å². The van der Waals surface area contributed by atoms with Crippen molar-refractivity contribution in [1.82, 2.24) is 40.7 Å². The molecule has 0 aliphatic carbocycles. The summed E-state index contributed by atoms with van der Waals surface area (Å²) in [5.74, 6) is -3.66. The highest BCUT2D eigenvalue weighted by molar-refractivity contribution is 6.69. The monoisotopic (exact) mass is 929 g/mol. The van der Waals surface area contributed by atoms with Crippen LogP contribution in [-0.4, -0.2) is 130 Å². The molecule has 1 aliphatic rings. The molecule has 3 rings (SSSR count). The Balaban J connectivity index is 1.92. The Kier molecular flexibility index (Phi) is 22.0. The van der Waals surface area contributed by atoms with Gasteiger partial charge in [-0.25, -0.2) is 0 Å². The molecule has 19 heteroatoms.